The van der Waals surface area contributed by atoms with Gasteiger partial charge in [-0.1, -0.05) is 42.5 Å². The second-order valence-corrected chi connectivity index (χ2v) is 11.6. The second-order valence-electron chi connectivity index (χ2n) is 11.6. The van der Waals surface area contributed by atoms with Crippen molar-refractivity contribution in [1.82, 2.24) is 20.0 Å². The fourth-order valence-corrected chi connectivity index (χ4v) is 5.59. The van der Waals surface area contributed by atoms with Gasteiger partial charge >= 0.3 is 0 Å². The molecular formula is C35H45N5O2. The highest BCUT2D eigenvalue weighted by molar-refractivity contribution is 5.95. The van der Waals surface area contributed by atoms with Gasteiger partial charge in [0.25, 0.3) is 0 Å². The molecular weight excluding hydrogens is 522 g/mol. The highest BCUT2D eigenvalue weighted by Gasteiger charge is 2.18. The number of hydrogen-bond donors (Lipinski definition) is 2. The number of hydrogen-bond acceptors (Lipinski definition) is 7. The van der Waals surface area contributed by atoms with E-state index in [1.807, 2.05) is 42.5 Å². The molecule has 2 aromatic carbocycles. The molecule has 7 heteroatoms. The first kappa shape index (κ1) is 31.4. The number of aromatic hydroxyl groups is 1. The number of allylic oxidation sites excluding steroid dienone is 4. The van der Waals surface area contributed by atoms with Gasteiger partial charge in [-0.2, -0.15) is 5.26 Å². The Morgan fingerprint density at radius 1 is 0.976 bits per heavy atom. The molecule has 0 radical (unpaired) electrons. The zero-order valence-electron chi connectivity index (χ0n) is 25.4. The van der Waals surface area contributed by atoms with Crippen molar-refractivity contribution in [3.05, 3.63) is 89.0 Å². The molecule has 2 aliphatic heterocycles. The first-order valence-corrected chi connectivity index (χ1v) is 15.1. The van der Waals surface area contributed by atoms with E-state index in [9.17, 15) is 15.2 Å². The zero-order valence-corrected chi connectivity index (χ0v) is 25.4. The third-order valence-corrected chi connectivity index (χ3v) is 8.13. The van der Waals surface area contributed by atoms with E-state index in [-0.39, 0.29) is 17.5 Å². The summed E-state index contributed by atoms with van der Waals surface area (Å²) in [5, 5.41) is 22.9. The molecule has 2 aromatic rings. The topological polar surface area (TPSA) is 82.8 Å². The molecule has 7 nitrogen and oxygen atoms in total. The number of carbonyl (C=O) groups is 1. The summed E-state index contributed by atoms with van der Waals surface area (Å²) in [6.45, 7) is 11.5. The Morgan fingerprint density at radius 3 is 2.50 bits per heavy atom. The molecule has 42 heavy (non-hydrogen) atoms. The number of nitrogens with one attached hydrogen (secondary N) is 1. The molecule has 3 aliphatic rings. The molecule has 0 amide bonds. The van der Waals surface area contributed by atoms with Crippen molar-refractivity contribution in [3.63, 3.8) is 0 Å². The average molecular weight is 568 g/mol. The average Bonchev–Trinajstić information content (AvgIpc) is 3.45. The van der Waals surface area contributed by atoms with Gasteiger partial charge in [-0.05, 0) is 107 Å². The second kappa shape index (κ2) is 15.6. The number of Topliss-reactive ketones (excluding diaryl/α,β-unsaturated/α-hetero) is 1. The Hall–Kier alpha value is -3.54. The first-order chi connectivity index (χ1) is 20.3. The van der Waals surface area contributed by atoms with Gasteiger partial charge in [0.2, 0.25) is 0 Å². The summed E-state index contributed by atoms with van der Waals surface area (Å²) >= 11 is 0. The molecule has 2 fully saturated rings. The molecule has 1 atom stereocenters. The molecule has 1 unspecified atom stereocenters. The fourth-order valence-electron chi connectivity index (χ4n) is 5.59. The number of likely N-dealkylation sites (N-methyl/N-ethyl adjacent to an activating group) is 2. The summed E-state index contributed by atoms with van der Waals surface area (Å²) < 4.78 is 0. The van der Waals surface area contributed by atoms with Gasteiger partial charge in [-0.3, -0.25) is 9.69 Å². The van der Waals surface area contributed by atoms with Crippen LogP contribution in [-0.4, -0.2) is 98.6 Å². The summed E-state index contributed by atoms with van der Waals surface area (Å²) in [7, 11) is 4.34. The number of rotatable bonds is 5. The standard InChI is InChI=1S/C29H31N3O2.C6H14N2/c1-21(33)25-8-11-28(29(18-25)24-6-9-27(34)10-7-24)26-5-4-22(16-23(17-26)19-30)20-32-13-3-12-31(2)14-15-32;1-8-5-2-3-7-4-6-8/h4-11,16-18,26,34H,3,12-15,20H2,1-2H3;7H,2-6H2,1H3. The SMILES string of the molecule is CC(=O)c1ccc(C2C=CC(CN3CCCN(C)CC3)=CC(C#N)=C2)c(-c2ccc(O)cc2)c1.CN1CCCNCC1. The van der Waals surface area contributed by atoms with Crippen molar-refractivity contribution in [2.24, 2.45) is 0 Å². The maximum Gasteiger partial charge on any atom is 0.159 e. The van der Waals surface area contributed by atoms with Crippen molar-refractivity contribution in [3.8, 4) is 22.9 Å². The fraction of sp³-hybridized carbons (Fsp3) is 0.429. The Bertz CT molecular complexity index is 1330. The highest BCUT2D eigenvalue weighted by atomic mass is 16.3. The summed E-state index contributed by atoms with van der Waals surface area (Å²) in [5.41, 5.74) is 5.28. The number of benzene rings is 2. The van der Waals surface area contributed by atoms with Crippen LogP contribution in [0.4, 0.5) is 0 Å². The van der Waals surface area contributed by atoms with Gasteiger partial charge in [0.15, 0.2) is 5.78 Å². The van der Waals surface area contributed by atoms with Gasteiger partial charge in [0.1, 0.15) is 5.75 Å². The van der Waals surface area contributed by atoms with Crippen LogP contribution in [0.3, 0.4) is 0 Å². The Labute approximate surface area is 251 Å². The van der Waals surface area contributed by atoms with E-state index in [0.717, 1.165) is 68.0 Å². The van der Waals surface area contributed by atoms with Crippen LogP contribution in [0.25, 0.3) is 11.1 Å². The van der Waals surface area contributed by atoms with Gasteiger partial charge in [0, 0.05) is 49.8 Å². The normalized spacial score (nSPS) is 20.6. The number of nitrogens with zero attached hydrogens (tertiary/aromatic N) is 4. The summed E-state index contributed by atoms with van der Waals surface area (Å²) in [6, 6.07) is 15.1. The van der Waals surface area contributed by atoms with Crippen molar-refractivity contribution < 1.29 is 9.90 Å². The first-order valence-electron chi connectivity index (χ1n) is 15.1. The highest BCUT2D eigenvalue weighted by Crippen LogP contribution is 2.35. The maximum absolute atomic E-state index is 12.1. The van der Waals surface area contributed by atoms with E-state index >= 15 is 0 Å². The van der Waals surface area contributed by atoms with E-state index in [1.54, 1.807) is 19.1 Å². The van der Waals surface area contributed by atoms with Gasteiger partial charge in [-0.25, -0.2) is 0 Å². The predicted octanol–water partition coefficient (Wildman–Crippen LogP) is 4.84. The molecule has 0 aromatic heterocycles. The van der Waals surface area contributed by atoms with E-state index in [1.165, 1.54) is 26.1 Å². The molecule has 2 heterocycles. The lowest BCUT2D eigenvalue weighted by molar-refractivity contribution is 0.101. The third kappa shape index (κ3) is 9.23. The Balaban J connectivity index is 0.000000437. The van der Waals surface area contributed by atoms with Crippen molar-refractivity contribution >= 4 is 5.78 Å². The minimum Gasteiger partial charge on any atom is -0.508 e. The maximum atomic E-state index is 12.1. The molecule has 0 saturated carbocycles. The van der Waals surface area contributed by atoms with Gasteiger partial charge < -0.3 is 20.2 Å². The van der Waals surface area contributed by atoms with Crippen LogP contribution < -0.4 is 5.32 Å². The molecule has 2 N–H and O–H groups in total. The predicted molar refractivity (Wildman–Crippen MR) is 171 cm³/mol. The lowest BCUT2D eigenvalue weighted by Gasteiger charge is -2.20. The van der Waals surface area contributed by atoms with Crippen LogP contribution >= 0.6 is 0 Å². The van der Waals surface area contributed by atoms with E-state index in [4.69, 9.17) is 0 Å². The molecule has 222 valence electrons. The number of phenolic OH excluding ortho intramolecular Hbond substituents is 1. The largest absolute Gasteiger partial charge is 0.508 e. The number of carbonyl (C=O) groups excluding carboxylic acids is 1. The zero-order chi connectivity index (χ0) is 29.9. The minimum absolute atomic E-state index is 0.00305. The number of nitriles is 1. The van der Waals surface area contributed by atoms with E-state index < -0.39 is 0 Å². The summed E-state index contributed by atoms with van der Waals surface area (Å²) in [5.74, 6) is 0.0920. The molecule has 2 saturated heterocycles. The van der Waals surface area contributed by atoms with Crippen LogP contribution in [0, 0.1) is 11.3 Å². The smallest absolute Gasteiger partial charge is 0.159 e. The van der Waals surface area contributed by atoms with Crippen molar-refractivity contribution in [2.45, 2.75) is 25.7 Å². The van der Waals surface area contributed by atoms with Crippen LogP contribution in [0.2, 0.25) is 0 Å². The monoisotopic (exact) mass is 567 g/mol. The molecule has 0 bridgehead atoms. The van der Waals surface area contributed by atoms with Crippen molar-refractivity contribution in [2.75, 3.05) is 73.0 Å². The van der Waals surface area contributed by atoms with Crippen LogP contribution in [0.1, 0.15) is 41.6 Å². The lowest BCUT2D eigenvalue weighted by Crippen LogP contribution is -2.30. The summed E-state index contributed by atoms with van der Waals surface area (Å²) in [6.07, 6.45) is 10.7. The minimum atomic E-state index is -0.108. The van der Waals surface area contributed by atoms with Gasteiger partial charge in [0.05, 0.1) is 6.07 Å². The summed E-state index contributed by atoms with van der Waals surface area (Å²) in [4.78, 5) is 19.3. The van der Waals surface area contributed by atoms with E-state index in [0.29, 0.717) is 11.1 Å². The molecule has 1 aliphatic carbocycles. The molecule has 5 rings (SSSR count). The van der Waals surface area contributed by atoms with Crippen molar-refractivity contribution in [1.29, 1.82) is 5.26 Å². The Kier molecular flexibility index (Phi) is 11.7. The van der Waals surface area contributed by atoms with E-state index in [2.05, 4.69) is 52.3 Å². The van der Waals surface area contributed by atoms with Crippen LogP contribution in [-0.2, 0) is 0 Å². The molecule has 0 spiro atoms. The lowest BCUT2D eigenvalue weighted by atomic mass is 9.87. The van der Waals surface area contributed by atoms with Gasteiger partial charge in [-0.15, -0.1) is 0 Å². The number of ketones is 1. The quantitative estimate of drug-likeness (QED) is 0.501. The third-order valence-electron chi connectivity index (χ3n) is 8.13. The Morgan fingerprint density at radius 2 is 1.74 bits per heavy atom. The van der Waals surface area contributed by atoms with Crippen LogP contribution in [0.5, 0.6) is 5.75 Å². The number of phenols is 1. The van der Waals surface area contributed by atoms with Crippen LogP contribution in [0.15, 0.2) is 77.9 Å².